The van der Waals surface area contributed by atoms with E-state index in [1.165, 1.54) is 6.07 Å². The summed E-state index contributed by atoms with van der Waals surface area (Å²) in [6, 6.07) is 4.87. The molecule has 20 heavy (non-hydrogen) atoms. The number of nitrogens with zero attached hydrogens (tertiary/aromatic N) is 2. The lowest BCUT2D eigenvalue weighted by atomic mass is 10.3. The van der Waals surface area contributed by atoms with Gasteiger partial charge in [0.2, 0.25) is 10.0 Å². The van der Waals surface area contributed by atoms with Gasteiger partial charge in [0, 0.05) is 36.3 Å². The fraction of sp³-hybridized carbons (Fsp3) is 0.538. The van der Waals surface area contributed by atoms with Crippen LogP contribution in [-0.4, -0.2) is 50.3 Å². The molecule has 7 heteroatoms. The topological polar surface area (TPSA) is 66.6 Å². The second kappa shape index (κ2) is 6.43. The van der Waals surface area contributed by atoms with E-state index in [4.69, 9.17) is 5.73 Å². The number of hydrogen-bond acceptors (Lipinski definition) is 4. The summed E-state index contributed by atoms with van der Waals surface area (Å²) in [4.78, 5) is 2.54. The van der Waals surface area contributed by atoms with Gasteiger partial charge in [0.25, 0.3) is 0 Å². The van der Waals surface area contributed by atoms with Gasteiger partial charge in [-0.1, -0.05) is 6.92 Å². The third-order valence-corrected chi connectivity index (χ3v) is 6.34. The maximum atomic E-state index is 12.6. The zero-order chi connectivity index (χ0) is 14.8. The van der Waals surface area contributed by atoms with Crippen molar-refractivity contribution in [3.8, 4) is 0 Å². The molecule has 112 valence electrons. The lowest BCUT2D eigenvalue weighted by molar-refractivity contribution is 0.188. The minimum atomic E-state index is -3.47. The maximum absolute atomic E-state index is 12.6. The zero-order valence-corrected chi connectivity index (χ0v) is 14.0. The van der Waals surface area contributed by atoms with E-state index in [1.807, 2.05) is 0 Å². The molecule has 5 nitrogen and oxygen atoms in total. The van der Waals surface area contributed by atoms with E-state index < -0.39 is 10.0 Å². The molecule has 0 aliphatic carbocycles. The van der Waals surface area contributed by atoms with Gasteiger partial charge in [0.1, 0.15) is 0 Å². The van der Waals surface area contributed by atoms with Crippen molar-refractivity contribution in [1.29, 1.82) is 0 Å². The van der Waals surface area contributed by atoms with E-state index in [9.17, 15) is 8.42 Å². The first kappa shape index (κ1) is 15.8. The lowest BCUT2D eigenvalue weighted by Crippen LogP contribution is -2.48. The number of hydrogen-bond donors (Lipinski definition) is 1. The number of nitrogen functional groups attached to an aromatic ring is 1. The quantitative estimate of drug-likeness (QED) is 0.829. The van der Waals surface area contributed by atoms with Crippen molar-refractivity contribution in [2.24, 2.45) is 0 Å². The highest BCUT2D eigenvalue weighted by molar-refractivity contribution is 9.10. The molecule has 1 heterocycles. The molecule has 1 aromatic carbocycles. The Hall–Kier alpha value is -0.630. The third kappa shape index (κ3) is 3.33. The molecule has 0 amide bonds. The van der Waals surface area contributed by atoms with Crippen LogP contribution in [0.5, 0.6) is 0 Å². The van der Waals surface area contributed by atoms with Crippen molar-refractivity contribution >= 4 is 31.6 Å². The highest BCUT2D eigenvalue weighted by Gasteiger charge is 2.29. The molecule has 1 aliphatic heterocycles. The summed E-state index contributed by atoms with van der Waals surface area (Å²) in [7, 11) is -3.47. The molecule has 1 fully saturated rings. The smallest absolute Gasteiger partial charge is 0.244 e. The van der Waals surface area contributed by atoms with E-state index in [2.05, 4.69) is 27.8 Å². The standard InChI is InChI=1S/C13H20BrN3O2S/c1-2-5-16-6-8-17(9-7-16)20(18,19)13-10-11(15)3-4-12(13)14/h3-4,10H,2,5-9,15H2,1H3. The average Bonchev–Trinajstić information content (AvgIpc) is 2.42. The lowest BCUT2D eigenvalue weighted by Gasteiger charge is -2.33. The van der Waals surface area contributed by atoms with Crippen molar-refractivity contribution in [3.63, 3.8) is 0 Å². The Kier molecular flexibility index (Phi) is 5.06. The predicted octanol–water partition coefficient (Wildman–Crippen LogP) is 1.75. The van der Waals surface area contributed by atoms with Gasteiger partial charge in [0.15, 0.2) is 0 Å². The fourth-order valence-corrected chi connectivity index (χ4v) is 4.75. The van der Waals surface area contributed by atoms with Crippen molar-refractivity contribution in [2.75, 3.05) is 38.5 Å². The van der Waals surface area contributed by atoms with Gasteiger partial charge in [-0.15, -0.1) is 0 Å². The molecule has 1 aliphatic rings. The first-order chi connectivity index (χ1) is 9.45. The van der Waals surface area contributed by atoms with Crippen LogP contribution in [0.2, 0.25) is 0 Å². The van der Waals surface area contributed by atoms with E-state index in [1.54, 1.807) is 16.4 Å². The second-order valence-electron chi connectivity index (χ2n) is 4.94. The number of nitrogens with two attached hydrogens (primary N) is 1. The van der Waals surface area contributed by atoms with Crippen molar-refractivity contribution < 1.29 is 8.42 Å². The molecule has 0 radical (unpaired) electrons. The molecule has 1 saturated heterocycles. The van der Waals surface area contributed by atoms with E-state index >= 15 is 0 Å². The van der Waals surface area contributed by atoms with Crippen LogP contribution in [0.15, 0.2) is 27.6 Å². The molecular formula is C13H20BrN3O2S. The summed E-state index contributed by atoms with van der Waals surface area (Å²) in [5.74, 6) is 0. The molecule has 0 bridgehead atoms. The van der Waals surface area contributed by atoms with Gasteiger partial charge in [-0.05, 0) is 47.1 Å². The Morgan fingerprint density at radius 2 is 1.90 bits per heavy atom. The summed E-state index contributed by atoms with van der Waals surface area (Å²) in [5.41, 5.74) is 6.16. The van der Waals surface area contributed by atoms with Crippen LogP contribution in [0.1, 0.15) is 13.3 Å². The molecule has 1 aromatic rings. The van der Waals surface area contributed by atoms with E-state index in [0.29, 0.717) is 23.2 Å². The zero-order valence-electron chi connectivity index (χ0n) is 11.5. The maximum Gasteiger partial charge on any atom is 0.244 e. The van der Waals surface area contributed by atoms with Gasteiger partial charge in [-0.3, -0.25) is 0 Å². The normalized spacial score (nSPS) is 18.3. The molecule has 0 unspecified atom stereocenters. The summed E-state index contributed by atoms with van der Waals surface area (Å²) in [5, 5.41) is 0. The van der Waals surface area contributed by atoms with E-state index in [-0.39, 0.29) is 4.90 Å². The number of benzene rings is 1. The van der Waals surface area contributed by atoms with Crippen LogP contribution >= 0.6 is 15.9 Å². The van der Waals surface area contributed by atoms with Crippen molar-refractivity contribution in [1.82, 2.24) is 9.21 Å². The summed E-state index contributed by atoms with van der Waals surface area (Å²) >= 11 is 3.30. The number of sulfonamides is 1. The molecule has 0 aromatic heterocycles. The van der Waals surface area contributed by atoms with Crippen LogP contribution in [-0.2, 0) is 10.0 Å². The number of piperazine rings is 1. The highest BCUT2D eigenvalue weighted by atomic mass is 79.9. The average molecular weight is 362 g/mol. The molecule has 0 atom stereocenters. The predicted molar refractivity (Wildman–Crippen MR) is 84.0 cm³/mol. The molecule has 0 saturated carbocycles. The van der Waals surface area contributed by atoms with E-state index in [0.717, 1.165) is 26.1 Å². The van der Waals surface area contributed by atoms with Gasteiger partial charge in [-0.25, -0.2) is 8.42 Å². The van der Waals surface area contributed by atoms with Gasteiger partial charge < -0.3 is 10.6 Å². The Labute approximate surface area is 128 Å². The third-order valence-electron chi connectivity index (χ3n) is 3.44. The van der Waals surface area contributed by atoms with Crippen molar-refractivity contribution in [3.05, 3.63) is 22.7 Å². The second-order valence-corrected chi connectivity index (χ2v) is 7.70. The Morgan fingerprint density at radius 1 is 1.25 bits per heavy atom. The largest absolute Gasteiger partial charge is 0.399 e. The minimum absolute atomic E-state index is 0.251. The van der Waals surface area contributed by atoms with Gasteiger partial charge >= 0.3 is 0 Å². The fourth-order valence-electron chi connectivity index (χ4n) is 2.37. The molecule has 2 N–H and O–H groups in total. The van der Waals surface area contributed by atoms with Crippen LogP contribution < -0.4 is 5.73 Å². The highest BCUT2D eigenvalue weighted by Crippen LogP contribution is 2.27. The summed E-state index contributed by atoms with van der Waals surface area (Å²) in [6.45, 7) is 5.79. The first-order valence-electron chi connectivity index (χ1n) is 6.72. The number of anilines is 1. The minimum Gasteiger partial charge on any atom is -0.399 e. The van der Waals surface area contributed by atoms with Crippen LogP contribution in [0.3, 0.4) is 0 Å². The van der Waals surface area contributed by atoms with Crippen LogP contribution in [0.4, 0.5) is 5.69 Å². The summed E-state index contributed by atoms with van der Waals surface area (Å²) < 4.78 is 27.4. The van der Waals surface area contributed by atoms with Crippen LogP contribution in [0.25, 0.3) is 0 Å². The van der Waals surface area contributed by atoms with Gasteiger partial charge in [-0.2, -0.15) is 4.31 Å². The SMILES string of the molecule is CCCN1CCN(S(=O)(=O)c2cc(N)ccc2Br)CC1. The first-order valence-corrected chi connectivity index (χ1v) is 8.96. The van der Waals surface area contributed by atoms with Crippen LogP contribution in [0, 0.1) is 0 Å². The Bertz CT molecular complexity index is 569. The molecule has 0 spiro atoms. The number of halogens is 1. The Balaban J connectivity index is 2.18. The summed E-state index contributed by atoms with van der Waals surface area (Å²) in [6.07, 6.45) is 1.09. The Morgan fingerprint density at radius 3 is 2.50 bits per heavy atom. The monoisotopic (exact) mass is 361 g/mol. The number of rotatable bonds is 4. The van der Waals surface area contributed by atoms with Gasteiger partial charge in [0.05, 0.1) is 4.90 Å². The van der Waals surface area contributed by atoms with Crippen molar-refractivity contribution in [2.45, 2.75) is 18.2 Å². The molecule has 2 rings (SSSR count). The molecular weight excluding hydrogens is 342 g/mol.